The molecule has 14 bridgehead atoms. The van der Waals surface area contributed by atoms with Crippen LogP contribution in [0.25, 0.3) is 0 Å². The smallest absolute Gasteiger partial charge is 0.187 e. The van der Waals surface area contributed by atoms with E-state index in [0.717, 1.165) is 0 Å². The van der Waals surface area contributed by atoms with Crippen molar-refractivity contribution in [1.29, 1.82) is 0 Å². The van der Waals surface area contributed by atoms with Gasteiger partial charge in [-0.1, -0.05) is 0 Å². The second-order valence-corrected chi connectivity index (χ2v) is 20.6. The van der Waals surface area contributed by atoms with Gasteiger partial charge in [-0.15, -0.1) is 12.3 Å². The van der Waals surface area contributed by atoms with E-state index in [1.165, 1.54) is 0 Å². The molecule has 0 aromatic carbocycles. The molecule has 20 N–H and O–H groups in total. The minimum absolute atomic E-state index is 0.0843. The second kappa shape index (κ2) is 27.7. The fraction of sp³-hybridized carbons (Fsp3) is 0.957. The molecule has 0 amide bonds. The fourth-order valence-electron chi connectivity index (χ4n) is 10.9. The largest absolute Gasteiger partial charge is 0.394 e. The zero-order valence-electron chi connectivity index (χ0n) is 42.3. The first kappa shape index (κ1) is 64.2. The summed E-state index contributed by atoms with van der Waals surface area (Å²) in [5.41, 5.74) is 0. The van der Waals surface area contributed by atoms with Crippen LogP contribution in [0.4, 0.5) is 0 Å². The van der Waals surface area contributed by atoms with Crippen LogP contribution in [0.3, 0.4) is 0 Å². The standard InChI is InChI=1S/C46H74O34/c1-2-3-4-5-12-33-19(53)26(60)40(67-12)75-34-13(6-47)69-42(28(62)21(34)55)77-36-15(8-49)71-44(30(64)23(36)57)79-38-17(10-51)73-46(32(66)25(38)59)80-39-18(11-52)72-45(31(65)24(39)58)78-37-16(9-50)70-43(29(63)22(37)56)76-35-14(7-48)68-41(74-33)27(61)20(35)54/h1,12-66H,3-11H2. The summed E-state index contributed by atoms with van der Waals surface area (Å²) in [5.74, 6) is 2.42. The Morgan fingerprint density at radius 2 is 0.400 bits per heavy atom. The number of aliphatic hydroxyl groups excluding tert-OH is 20. The molecule has 0 aromatic heterocycles. The van der Waals surface area contributed by atoms with Gasteiger partial charge >= 0.3 is 0 Å². The van der Waals surface area contributed by atoms with Crippen LogP contribution in [-0.2, 0) is 66.3 Å². The first-order valence-corrected chi connectivity index (χ1v) is 25.9. The summed E-state index contributed by atoms with van der Waals surface area (Å²) >= 11 is 0. The molecule has 462 valence electrons. The molecule has 21 rings (SSSR count). The van der Waals surface area contributed by atoms with E-state index >= 15 is 0 Å². The molecule has 0 spiro atoms. The van der Waals surface area contributed by atoms with Crippen molar-refractivity contribution >= 4 is 0 Å². The van der Waals surface area contributed by atoms with Crippen molar-refractivity contribution in [2.24, 2.45) is 0 Å². The molecule has 34 nitrogen and oxygen atoms in total. The maximum absolute atomic E-state index is 11.6. The van der Waals surface area contributed by atoms with Crippen LogP contribution in [0.15, 0.2) is 0 Å². The predicted octanol–water partition coefficient (Wildman–Crippen LogP) is -13.4. The number of rotatable bonds is 9. The quantitative estimate of drug-likeness (QED) is 0.0753. The van der Waals surface area contributed by atoms with E-state index < -0.39 is 255 Å². The Labute approximate surface area is 454 Å². The highest BCUT2D eigenvalue weighted by Gasteiger charge is 2.59. The van der Waals surface area contributed by atoms with E-state index in [-0.39, 0.29) is 19.3 Å². The average Bonchev–Trinajstić information content (AvgIpc) is 3.45. The summed E-state index contributed by atoms with van der Waals surface area (Å²) < 4.78 is 80.8. The lowest BCUT2D eigenvalue weighted by molar-refractivity contribution is -0.396. The van der Waals surface area contributed by atoms with Gasteiger partial charge in [-0.25, -0.2) is 0 Å². The molecule has 21 saturated heterocycles. The molecule has 21 aliphatic heterocycles. The summed E-state index contributed by atoms with van der Waals surface area (Å²) in [6, 6.07) is 0. The molecule has 35 atom stereocenters. The molecule has 0 aromatic rings. The fourth-order valence-corrected chi connectivity index (χ4v) is 10.9. The minimum atomic E-state index is -2.20. The van der Waals surface area contributed by atoms with Crippen LogP contribution in [0, 0.1) is 12.3 Å². The third-order valence-electron chi connectivity index (χ3n) is 15.4. The van der Waals surface area contributed by atoms with Crippen molar-refractivity contribution in [3.05, 3.63) is 0 Å². The summed E-state index contributed by atoms with van der Waals surface area (Å²) in [5, 5.41) is 222. The van der Waals surface area contributed by atoms with Gasteiger partial charge in [0.25, 0.3) is 0 Å². The zero-order chi connectivity index (χ0) is 58.2. The van der Waals surface area contributed by atoms with Gasteiger partial charge in [0, 0.05) is 6.42 Å². The molecule has 21 fully saturated rings. The Hall–Kier alpha value is -1.80. The molecule has 0 aliphatic carbocycles. The topological polar surface area (TPSA) is 534 Å². The van der Waals surface area contributed by atoms with Crippen molar-refractivity contribution < 1.29 is 168 Å². The number of terminal acetylenes is 1. The molecule has 35 unspecified atom stereocenters. The van der Waals surface area contributed by atoms with E-state index in [9.17, 15) is 102 Å². The van der Waals surface area contributed by atoms with Gasteiger partial charge < -0.3 is 168 Å². The van der Waals surface area contributed by atoms with Crippen LogP contribution in [0.1, 0.15) is 19.3 Å². The highest BCUT2D eigenvalue weighted by atomic mass is 16.8. The number of ether oxygens (including phenoxy) is 14. The highest BCUT2D eigenvalue weighted by molar-refractivity contribution is 5.02. The molecule has 21 heterocycles. The Kier molecular flexibility index (Phi) is 22.2. The van der Waals surface area contributed by atoms with Crippen molar-refractivity contribution in [2.45, 2.75) is 234 Å². The van der Waals surface area contributed by atoms with Gasteiger partial charge in [0.15, 0.2) is 44.0 Å². The zero-order valence-corrected chi connectivity index (χ0v) is 42.3. The van der Waals surface area contributed by atoms with Gasteiger partial charge in [-0.3, -0.25) is 0 Å². The molecule has 80 heavy (non-hydrogen) atoms. The maximum atomic E-state index is 11.6. The molecule has 0 saturated carbocycles. The Morgan fingerprint density at radius 3 is 0.562 bits per heavy atom. The summed E-state index contributed by atoms with van der Waals surface area (Å²) in [6.07, 6.45) is -63.2. The van der Waals surface area contributed by atoms with Crippen molar-refractivity contribution in [1.82, 2.24) is 0 Å². The van der Waals surface area contributed by atoms with Gasteiger partial charge in [0.1, 0.15) is 165 Å². The van der Waals surface area contributed by atoms with Gasteiger partial charge in [-0.05, 0) is 12.8 Å². The molecule has 0 radical (unpaired) electrons. The summed E-state index contributed by atoms with van der Waals surface area (Å²) in [4.78, 5) is 0. The lowest BCUT2D eigenvalue weighted by atomic mass is 9.93. The third-order valence-corrected chi connectivity index (χ3v) is 15.4. The SMILES string of the molecule is C#CCCCC1OC2OC3C(CO)OC(OC4C(CO)OC(OC5C(CO)OC(OC6C(CO)OC(OC7C(CO)OC(OC8C(CO)OC(OC1C(O)C2O)C(O)C8O)C(O)C7O)C(O)C6O)C(O)C5O)C(O)C4O)C(O)C3O. The minimum Gasteiger partial charge on any atom is -0.394 e. The number of aliphatic hydroxyl groups is 20. The Bertz CT molecular complexity index is 1940. The van der Waals surface area contributed by atoms with Gasteiger partial charge in [-0.2, -0.15) is 0 Å². The molecular formula is C46H74O34. The van der Waals surface area contributed by atoms with E-state index in [4.69, 9.17) is 72.7 Å². The van der Waals surface area contributed by atoms with Crippen LogP contribution in [-0.4, -0.2) is 357 Å². The number of hydrogen-bond acceptors (Lipinski definition) is 34. The monoisotopic (exact) mass is 1170 g/mol. The van der Waals surface area contributed by atoms with Crippen LogP contribution in [0.2, 0.25) is 0 Å². The third kappa shape index (κ3) is 12.8. The van der Waals surface area contributed by atoms with E-state index in [0.29, 0.717) is 0 Å². The number of hydrogen-bond donors (Lipinski definition) is 20. The average molecular weight is 1170 g/mol. The number of unbranched alkanes of at least 4 members (excludes halogenated alkanes) is 1. The van der Waals surface area contributed by atoms with Crippen LogP contribution >= 0.6 is 0 Å². The van der Waals surface area contributed by atoms with Crippen molar-refractivity contribution in [2.75, 3.05) is 39.6 Å². The van der Waals surface area contributed by atoms with Crippen molar-refractivity contribution in [3.63, 3.8) is 0 Å². The van der Waals surface area contributed by atoms with Crippen LogP contribution in [0.5, 0.6) is 0 Å². The maximum Gasteiger partial charge on any atom is 0.187 e. The molecule has 21 aliphatic rings. The predicted molar refractivity (Wildman–Crippen MR) is 244 cm³/mol. The van der Waals surface area contributed by atoms with Gasteiger partial charge in [0.2, 0.25) is 0 Å². The second-order valence-electron chi connectivity index (χ2n) is 20.6. The summed E-state index contributed by atoms with van der Waals surface area (Å²) in [6.45, 7) is -6.19. The van der Waals surface area contributed by atoms with Crippen molar-refractivity contribution in [3.8, 4) is 12.3 Å². The lowest BCUT2D eigenvalue weighted by Crippen LogP contribution is -2.68. The normalized spacial score (nSPS) is 53.6. The molecule has 34 heteroatoms. The van der Waals surface area contributed by atoms with E-state index in [1.807, 2.05) is 0 Å². The summed E-state index contributed by atoms with van der Waals surface area (Å²) in [7, 11) is 0. The van der Waals surface area contributed by atoms with Crippen LogP contribution < -0.4 is 0 Å². The van der Waals surface area contributed by atoms with E-state index in [1.54, 1.807) is 0 Å². The van der Waals surface area contributed by atoms with E-state index in [2.05, 4.69) is 5.92 Å². The highest BCUT2D eigenvalue weighted by Crippen LogP contribution is 2.39. The Morgan fingerprint density at radius 1 is 0.237 bits per heavy atom. The first-order valence-electron chi connectivity index (χ1n) is 25.9. The van der Waals surface area contributed by atoms with Gasteiger partial charge in [0.05, 0.1) is 45.7 Å². The Balaban J connectivity index is 1.09. The first-order chi connectivity index (χ1) is 38.2. The lowest BCUT2D eigenvalue weighted by Gasteiger charge is -2.50. The molecular weight excluding hydrogens is 1100 g/mol.